The lowest BCUT2D eigenvalue weighted by atomic mass is 10.1. The monoisotopic (exact) mass is 302 g/mol. The summed E-state index contributed by atoms with van der Waals surface area (Å²) in [6, 6.07) is 6.51. The van der Waals surface area contributed by atoms with E-state index < -0.39 is 5.95 Å². The first kappa shape index (κ1) is 16.4. The number of aryl methyl sites for hydroxylation is 1. The van der Waals surface area contributed by atoms with Crippen molar-refractivity contribution in [3.63, 3.8) is 0 Å². The van der Waals surface area contributed by atoms with Gasteiger partial charge in [-0.15, -0.1) is 0 Å². The number of rotatable bonds is 8. The van der Waals surface area contributed by atoms with Gasteiger partial charge in [0.2, 0.25) is 5.95 Å². The molecule has 4 heteroatoms. The molecule has 0 saturated heterocycles. The van der Waals surface area contributed by atoms with E-state index in [0.717, 1.165) is 18.4 Å². The summed E-state index contributed by atoms with van der Waals surface area (Å²) in [5.74, 6) is -0.309. The van der Waals surface area contributed by atoms with E-state index in [1.807, 2.05) is 0 Å². The molecule has 0 spiro atoms. The minimum atomic E-state index is -0.487. The van der Waals surface area contributed by atoms with Crippen LogP contribution in [0, 0.1) is 5.95 Å². The van der Waals surface area contributed by atoms with Gasteiger partial charge in [-0.05, 0) is 37.1 Å². The molecule has 1 N–H and O–H groups in total. The zero-order valence-corrected chi connectivity index (χ0v) is 13.1. The van der Waals surface area contributed by atoms with E-state index in [4.69, 9.17) is 0 Å². The van der Waals surface area contributed by atoms with Crippen molar-refractivity contribution in [3.8, 4) is 17.0 Å². The summed E-state index contributed by atoms with van der Waals surface area (Å²) >= 11 is 0. The van der Waals surface area contributed by atoms with Gasteiger partial charge in [0, 0.05) is 5.56 Å². The van der Waals surface area contributed by atoms with Crippen molar-refractivity contribution in [1.29, 1.82) is 0 Å². The van der Waals surface area contributed by atoms with Gasteiger partial charge in [-0.3, -0.25) is 4.98 Å². The maximum Gasteiger partial charge on any atom is 0.235 e. The summed E-state index contributed by atoms with van der Waals surface area (Å²) in [6.45, 7) is 2.20. The van der Waals surface area contributed by atoms with E-state index in [9.17, 15) is 9.50 Å². The predicted molar refractivity (Wildman–Crippen MR) is 86.2 cm³/mol. The third-order valence-corrected chi connectivity index (χ3v) is 3.73. The van der Waals surface area contributed by atoms with Gasteiger partial charge in [0.05, 0.1) is 17.6 Å². The van der Waals surface area contributed by atoms with E-state index in [0.29, 0.717) is 17.8 Å². The second-order valence-electron chi connectivity index (χ2n) is 5.56. The molecule has 3 nitrogen and oxygen atoms in total. The zero-order valence-electron chi connectivity index (χ0n) is 13.1. The van der Waals surface area contributed by atoms with E-state index >= 15 is 0 Å². The molecule has 0 aliphatic heterocycles. The van der Waals surface area contributed by atoms with Gasteiger partial charge in [-0.2, -0.15) is 4.39 Å². The molecular weight excluding hydrogens is 279 g/mol. The maximum absolute atomic E-state index is 14.0. The summed E-state index contributed by atoms with van der Waals surface area (Å²) < 4.78 is 14.0. The Kier molecular flexibility index (Phi) is 6.31. The number of aromatic nitrogens is 2. The molecule has 0 atom stereocenters. The Hall–Kier alpha value is -1.97. The molecule has 0 aliphatic carbocycles. The highest BCUT2D eigenvalue weighted by molar-refractivity contribution is 5.58. The van der Waals surface area contributed by atoms with Crippen LogP contribution in [0.3, 0.4) is 0 Å². The molecule has 0 amide bonds. The zero-order chi connectivity index (χ0) is 15.8. The van der Waals surface area contributed by atoms with Crippen LogP contribution in [0.4, 0.5) is 4.39 Å². The fourth-order valence-corrected chi connectivity index (χ4v) is 2.40. The third-order valence-electron chi connectivity index (χ3n) is 3.73. The van der Waals surface area contributed by atoms with Crippen molar-refractivity contribution in [1.82, 2.24) is 9.97 Å². The van der Waals surface area contributed by atoms with Gasteiger partial charge in [0.1, 0.15) is 5.75 Å². The maximum atomic E-state index is 14.0. The Morgan fingerprint density at radius 2 is 1.68 bits per heavy atom. The van der Waals surface area contributed by atoms with Gasteiger partial charge in [0.15, 0.2) is 0 Å². The molecule has 0 unspecified atom stereocenters. The normalized spacial score (nSPS) is 10.8. The molecule has 0 saturated carbocycles. The number of hydrogen-bond acceptors (Lipinski definition) is 3. The third kappa shape index (κ3) is 4.79. The van der Waals surface area contributed by atoms with Crippen LogP contribution in [0.2, 0.25) is 0 Å². The molecule has 22 heavy (non-hydrogen) atoms. The number of phenolic OH excluding ortho intramolecular Hbond substituents is 1. The van der Waals surface area contributed by atoms with Crippen LogP contribution in [0.25, 0.3) is 11.3 Å². The molecule has 0 bridgehead atoms. The highest BCUT2D eigenvalue weighted by Gasteiger charge is 2.08. The average Bonchev–Trinajstić information content (AvgIpc) is 2.53. The van der Waals surface area contributed by atoms with Crippen LogP contribution in [-0.2, 0) is 6.42 Å². The minimum Gasteiger partial charge on any atom is -0.508 e. The fraction of sp³-hybridized carbons (Fsp3) is 0.444. The number of halogens is 1. The van der Waals surface area contributed by atoms with E-state index in [1.165, 1.54) is 25.7 Å². The van der Waals surface area contributed by atoms with Crippen LogP contribution in [0.1, 0.15) is 51.1 Å². The number of aromatic hydroxyl groups is 1. The van der Waals surface area contributed by atoms with Crippen molar-refractivity contribution >= 4 is 0 Å². The first-order valence-corrected chi connectivity index (χ1v) is 8.01. The molecule has 0 fully saturated rings. The number of unbranched alkanes of at least 4 members (excludes halogenated alkanes) is 5. The van der Waals surface area contributed by atoms with Gasteiger partial charge < -0.3 is 5.11 Å². The van der Waals surface area contributed by atoms with E-state index in [2.05, 4.69) is 16.9 Å². The first-order chi connectivity index (χ1) is 10.7. The standard InChI is InChI=1S/C18H23FN2O/c1-2-3-4-5-6-7-8-16-18(19)21-17(13-20-16)14-9-11-15(22)12-10-14/h9-13,22H,2-8H2,1H3. The van der Waals surface area contributed by atoms with Gasteiger partial charge in [-0.25, -0.2) is 4.98 Å². The number of phenols is 1. The minimum absolute atomic E-state index is 0.178. The van der Waals surface area contributed by atoms with Crippen LogP contribution in [0.5, 0.6) is 5.75 Å². The molecule has 1 aromatic carbocycles. The number of benzene rings is 1. The van der Waals surface area contributed by atoms with Gasteiger partial charge in [0.25, 0.3) is 0 Å². The topological polar surface area (TPSA) is 46.0 Å². The summed E-state index contributed by atoms with van der Waals surface area (Å²) in [7, 11) is 0. The second-order valence-corrected chi connectivity index (χ2v) is 5.56. The predicted octanol–water partition coefficient (Wildman–Crippen LogP) is 4.89. The summed E-state index contributed by atoms with van der Waals surface area (Å²) in [4.78, 5) is 8.20. The van der Waals surface area contributed by atoms with Gasteiger partial charge >= 0.3 is 0 Å². The van der Waals surface area contributed by atoms with Crippen molar-refractivity contribution in [3.05, 3.63) is 42.1 Å². The molecule has 0 aliphatic rings. The molecule has 2 aromatic rings. The quantitative estimate of drug-likeness (QED) is 0.706. The molecular formula is C18H23FN2O. The molecule has 0 radical (unpaired) electrons. The first-order valence-electron chi connectivity index (χ1n) is 8.01. The number of hydrogen-bond donors (Lipinski definition) is 1. The smallest absolute Gasteiger partial charge is 0.235 e. The summed E-state index contributed by atoms with van der Waals surface area (Å²) in [5, 5.41) is 9.27. The lowest BCUT2D eigenvalue weighted by molar-refractivity contribution is 0.475. The lowest BCUT2D eigenvalue weighted by Crippen LogP contribution is -2.00. The largest absolute Gasteiger partial charge is 0.508 e. The van der Waals surface area contributed by atoms with Crippen LogP contribution in [0.15, 0.2) is 30.5 Å². The Bertz CT molecular complexity index is 584. The van der Waals surface area contributed by atoms with Crippen LogP contribution in [-0.4, -0.2) is 15.1 Å². The average molecular weight is 302 g/mol. The lowest BCUT2D eigenvalue weighted by Gasteiger charge is -2.05. The highest BCUT2D eigenvalue weighted by Crippen LogP contribution is 2.20. The molecule has 1 heterocycles. The Morgan fingerprint density at radius 1 is 1.00 bits per heavy atom. The second kappa shape index (κ2) is 8.47. The number of nitrogens with zero attached hydrogens (tertiary/aromatic N) is 2. The van der Waals surface area contributed by atoms with Crippen molar-refractivity contribution in [2.45, 2.75) is 51.9 Å². The SMILES string of the molecule is CCCCCCCCc1ncc(-c2ccc(O)cc2)nc1F. The molecule has 1 aromatic heterocycles. The Labute approximate surface area is 131 Å². The summed E-state index contributed by atoms with van der Waals surface area (Å²) in [6.07, 6.45) is 9.27. The molecule has 118 valence electrons. The molecule has 2 rings (SSSR count). The van der Waals surface area contributed by atoms with E-state index in [-0.39, 0.29) is 5.75 Å². The van der Waals surface area contributed by atoms with Crippen molar-refractivity contribution < 1.29 is 9.50 Å². The Balaban J connectivity index is 1.91. The highest BCUT2D eigenvalue weighted by atomic mass is 19.1. The van der Waals surface area contributed by atoms with Crippen LogP contribution < -0.4 is 0 Å². The van der Waals surface area contributed by atoms with Crippen molar-refractivity contribution in [2.75, 3.05) is 0 Å². The van der Waals surface area contributed by atoms with E-state index in [1.54, 1.807) is 30.5 Å². The van der Waals surface area contributed by atoms with Gasteiger partial charge in [-0.1, -0.05) is 39.0 Å². The fourth-order valence-electron chi connectivity index (χ4n) is 2.40. The van der Waals surface area contributed by atoms with Crippen molar-refractivity contribution in [2.24, 2.45) is 0 Å². The summed E-state index contributed by atoms with van der Waals surface area (Å²) in [5.41, 5.74) is 1.68. The Morgan fingerprint density at radius 3 is 2.36 bits per heavy atom. The van der Waals surface area contributed by atoms with Crippen LogP contribution >= 0.6 is 0 Å².